The zero-order chi connectivity index (χ0) is 19.9. The predicted molar refractivity (Wildman–Crippen MR) is 109 cm³/mol. The van der Waals surface area contributed by atoms with Gasteiger partial charge in [0.25, 0.3) is 0 Å². The topological polar surface area (TPSA) is 75.7 Å². The van der Waals surface area contributed by atoms with Gasteiger partial charge >= 0.3 is 0 Å². The fourth-order valence-corrected chi connectivity index (χ4v) is 4.84. The van der Waals surface area contributed by atoms with E-state index < -0.39 is 0 Å². The molecule has 1 heterocycles. The van der Waals surface area contributed by atoms with Crippen LogP contribution in [0.2, 0.25) is 0 Å². The Kier molecular flexibility index (Phi) is 7.36. The molecule has 0 radical (unpaired) electrons. The number of rotatable bonds is 7. The van der Waals surface area contributed by atoms with Crippen molar-refractivity contribution in [1.82, 2.24) is 10.2 Å². The van der Waals surface area contributed by atoms with E-state index in [1.54, 1.807) is 12.0 Å². The van der Waals surface area contributed by atoms with Crippen LogP contribution in [-0.4, -0.2) is 47.3 Å². The van der Waals surface area contributed by atoms with Gasteiger partial charge in [-0.25, -0.2) is 0 Å². The summed E-state index contributed by atoms with van der Waals surface area (Å²) in [6, 6.07) is 7.70. The lowest BCUT2D eigenvalue weighted by Crippen LogP contribution is -2.46. The maximum Gasteiger partial charge on any atom is 0.239 e. The van der Waals surface area contributed by atoms with Crippen molar-refractivity contribution in [3.63, 3.8) is 0 Å². The summed E-state index contributed by atoms with van der Waals surface area (Å²) in [5, 5.41) is 3.13. The highest BCUT2D eigenvalue weighted by Crippen LogP contribution is 2.28. The fourth-order valence-electron chi connectivity index (χ4n) is 3.87. The van der Waals surface area contributed by atoms with Gasteiger partial charge in [0.2, 0.25) is 11.8 Å². The minimum absolute atomic E-state index is 0.00272. The third kappa shape index (κ3) is 5.50. The number of para-hydroxylation sites is 1. The summed E-state index contributed by atoms with van der Waals surface area (Å²) in [5.74, 6) is 0.555. The van der Waals surface area contributed by atoms with Crippen LogP contribution in [0.15, 0.2) is 24.3 Å². The van der Waals surface area contributed by atoms with Crippen molar-refractivity contribution < 1.29 is 19.1 Å². The number of thioether (sulfide) groups is 1. The lowest BCUT2D eigenvalue weighted by molar-refractivity contribution is -0.140. The Morgan fingerprint density at radius 3 is 2.64 bits per heavy atom. The number of carbonyl (C=O) groups excluding carboxylic acids is 3. The lowest BCUT2D eigenvalue weighted by Gasteiger charge is -2.28. The normalized spacial score (nSPS) is 20.0. The third-order valence-corrected chi connectivity index (χ3v) is 6.44. The molecular weight excluding hydrogens is 376 g/mol. The summed E-state index contributed by atoms with van der Waals surface area (Å²) < 4.78 is 5.40. The molecule has 3 rings (SSSR count). The van der Waals surface area contributed by atoms with Crippen LogP contribution in [0.4, 0.5) is 0 Å². The number of nitrogens with one attached hydrogen (secondary N) is 1. The minimum Gasteiger partial charge on any atom is -0.496 e. The quantitative estimate of drug-likeness (QED) is 0.756. The second-order valence-corrected chi connectivity index (χ2v) is 8.57. The average Bonchev–Trinajstić information content (AvgIpc) is 3.14. The Morgan fingerprint density at radius 1 is 1.21 bits per heavy atom. The predicted octanol–water partition coefficient (Wildman–Crippen LogP) is 2.75. The average molecular weight is 405 g/mol. The van der Waals surface area contributed by atoms with Crippen LogP contribution in [0.3, 0.4) is 0 Å². The maximum absolute atomic E-state index is 13.1. The first-order valence-electron chi connectivity index (χ1n) is 9.92. The number of amides is 2. The summed E-state index contributed by atoms with van der Waals surface area (Å²) in [6.07, 6.45) is 5.74. The molecular formula is C21H28N2O4S. The molecule has 2 fully saturated rings. The summed E-state index contributed by atoms with van der Waals surface area (Å²) >= 11 is 1.20. The Hall–Kier alpha value is -2.02. The van der Waals surface area contributed by atoms with E-state index in [-0.39, 0.29) is 48.4 Å². The van der Waals surface area contributed by atoms with Gasteiger partial charge < -0.3 is 15.0 Å². The van der Waals surface area contributed by atoms with Crippen LogP contribution in [0.1, 0.15) is 44.1 Å². The molecule has 1 saturated heterocycles. The molecule has 1 aromatic carbocycles. The van der Waals surface area contributed by atoms with Crippen LogP contribution >= 0.6 is 11.8 Å². The highest BCUT2D eigenvalue weighted by atomic mass is 32.2. The van der Waals surface area contributed by atoms with Crippen LogP contribution in [0, 0.1) is 5.92 Å². The summed E-state index contributed by atoms with van der Waals surface area (Å²) in [7, 11) is 1.59. The minimum atomic E-state index is -0.352. The molecule has 1 saturated carbocycles. The molecule has 6 nitrogen and oxygen atoms in total. The molecule has 1 aliphatic heterocycles. The summed E-state index contributed by atoms with van der Waals surface area (Å²) in [5.41, 5.74) is 0.848. The molecule has 0 aromatic heterocycles. The zero-order valence-corrected chi connectivity index (χ0v) is 17.1. The van der Waals surface area contributed by atoms with Gasteiger partial charge in [-0.2, -0.15) is 0 Å². The van der Waals surface area contributed by atoms with Crippen molar-refractivity contribution in [3.05, 3.63) is 29.8 Å². The molecule has 0 bridgehead atoms. The van der Waals surface area contributed by atoms with E-state index in [0.717, 1.165) is 31.2 Å². The van der Waals surface area contributed by atoms with Gasteiger partial charge in [-0.1, -0.05) is 49.2 Å². The van der Waals surface area contributed by atoms with Gasteiger partial charge in [-0.15, -0.1) is 0 Å². The molecule has 1 atom stereocenters. The maximum atomic E-state index is 13.1. The molecule has 0 unspecified atom stereocenters. The van der Waals surface area contributed by atoms with Gasteiger partial charge in [-0.05, 0) is 18.9 Å². The molecule has 1 aromatic rings. The molecule has 28 heavy (non-hydrogen) atoms. The Balaban J connectivity index is 1.70. The first kappa shape index (κ1) is 20.7. The zero-order valence-electron chi connectivity index (χ0n) is 16.3. The van der Waals surface area contributed by atoms with E-state index >= 15 is 0 Å². The van der Waals surface area contributed by atoms with Crippen molar-refractivity contribution in [2.24, 2.45) is 5.92 Å². The van der Waals surface area contributed by atoms with Crippen molar-refractivity contribution in [2.45, 2.75) is 51.1 Å². The monoisotopic (exact) mass is 404 g/mol. The molecule has 2 aliphatic rings. The Labute approximate surface area is 170 Å². The van der Waals surface area contributed by atoms with Gasteiger partial charge in [-0.3, -0.25) is 14.4 Å². The van der Waals surface area contributed by atoms with Gasteiger partial charge in [0.15, 0.2) is 5.12 Å². The number of nitrogens with zero attached hydrogens (tertiary/aromatic N) is 1. The second-order valence-electron chi connectivity index (χ2n) is 7.49. The lowest BCUT2D eigenvalue weighted by atomic mass is 9.95. The summed E-state index contributed by atoms with van der Waals surface area (Å²) in [4.78, 5) is 38.9. The van der Waals surface area contributed by atoms with E-state index in [1.165, 1.54) is 18.2 Å². The summed E-state index contributed by atoms with van der Waals surface area (Å²) in [6.45, 7) is 0.291. The van der Waals surface area contributed by atoms with E-state index in [0.29, 0.717) is 11.5 Å². The SMILES string of the molecule is COc1ccccc1CN(CC(=O)NC1CCCCC1)C(=O)[C@H]1CSC(=O)C1. The van der Waals surface area contributed by atoms with Gasteiger partial charge in [0, 0.05) is 30.3 Å². The first-order chi connectivity index (χ1) is 13.6. The van der Waals surface area contributed by atoms with Crippen LogP contribution in [-0.2, 0) is 20.9 Å². The highest BCUT2D eigenvalue weighted by Gasteiger charge is 2.33. The van der Waals surface area contributed by atoms with Crippen molar-refractivity contribution in [3.8, 4) is 5.75 Å². The molecule has 7 heteroatoms. The Morgan fingerprint density at radius 2 is 1.96 bits per heavy atom. The third-order valence-electron chi connectivity index (χ3n) is 5.38. The highest BCUT2D eigenvalue weighted by molar-refractivity contribution is 8.14. The number of methoxy groups -OCH3 is 1. The molecule has 0 spiro atoms. The van der Waals surface area contributed by atoms with Gasteiger partial charge in [0.05, 0.1) is 19.6 Å². The molecule has 152 valence electrons. The van der Waals surface area contributed by atoms with E-state index in [2.05, 4.69) is 5.32 Å². The van der Waals surface area contributed by atoms with Crippen LogP contribution < -0.4 is 10.1 Å². The fraction of sp³-hybridized carbons (Fsp3) is 0.571. The van der Waals surface area contributed by atoms with Crippen molar-refractivity contribution in [2.75, 3.05) is 19.4 Å². The number of hydrogen-bond donors (Lipinski definition) is 1. The van der Waals surface area contributed by atoms with E-state index in [1.807, 2.05) is 24.3 Å². The second kappa shape index (κ2) is 9.96. The number of carbonyl (C=O) groups is 3. The largest absolute Gasteiger partial charge is 0.496 e. The smallest absolute Gasteiger partial charge is 0.239 e. The Bertz CT molecular complexity index is 718. The molecule has 1 aliphatic carbocycles. The number of hydrogen-bond acceptors (Lipinski definition) is 5. The van der Waals surface area contributed by atoms with Crippen LogP contribution in [0.5, 0.6) is 5.75 Å². The first-order valence-corrected chi connectivity index (χ1v) is 10.9. The molecule has 1 N–H and O–H groups in total. The number of ether oxygens (including phenoxy) is 1. The van der Waals surface area contributed by atoms with Crippen LogP contribution in [0.25, 0.3) is 0 Å². The molecule has 2 amide bonds. The standard InChI is InChI=1S/C21H28N2O4S/c1-27-18-10-6-5-7-15(18)12-23(21(26)16-11-20(25)28-14-16)13-19(24)22-17-8-3-2-4-9-17/h5-7,10,16-17H,2-4,8-9,11-14H2,1H3,(H,22,24)/t16-/m1/s1. The van der Waals surface area contributed by atoms with E-state index in [4.69, 9.17) is 4.74 Å². The van der Waals surface area contributed by atoms with Crippen molar-refractivity contribution >= 4 is 28.7 Å². The number of benzene rings is 1. The van der Waals surface area contributed by atoms with Gasteiger partial charge in [0.1, 0.15) is 5.75 Å². The van der Waals surface area contributed by atoms with Crippen molar-refractivity contribution in [1.29, 1.82) is 0 Å². The van der Waals surface area contributed by atoms with E-state index in [9.17, 15) is 14.4 Å².